The van der Waals surface area contributed by atoms with E-state index in [0.29, 0.717) is 13.2 Å². The number of ether oxygens (including phenoxy) is 1. The van der Waals surface area contributed by atoms with Gasteiger partial charge in [0.05, 0.1) is 6.61 Å². The minimum absolute atomic E-state index is 0.0317. The Morgan fingerprint density at radius 1 is 1.57 bits per heavy atom. The van der Waals surface area contributed by atoms with Crippen molar-refractivity contribution in [2.24, 2.45) is 11.1 Å². The summed E-state index contributed by atoms with van der Waals surface area (Å²) in [5, 5.41) is 9.27. The van der Waals surface area contributed by atoms with E-state index in [1.807, 2.05) is 6.07 Å². The summed E-state index contributed by atoms with van der Waals surface area (Å²) in [6, 6.07) is 5.24. The van der Waals surface area contributed by atoms with Gasteiger partial charge in [0, 0.05) is 18.0 Å². The highest BCUT2D eigenvalue weighted by Gasteiger charge is 2.29. The molecule has 0 spiro atoms. The van der Waals surface area contributed by atoms with E-state index in [2.05, 4.69) is 6.92 Å². The van der Waals surface area contributed by atoms with Gasteiger partial charge in [0.25, 0.3) is 0 Å². The zero-order valence-corrected chi connectivity index (χ0v) is 8.29. The summed E-state index contributed by atoms with van der Waals surface area (Å²) in [6.07, 6.45) is 0.916. The molecular weight excluding hydrogens is 178 g/mol. The van der Waals surface area contributed by atoms with Crippen molar-refractivity contribution in [1.82, 2.24) is 0 Å². The topological polar surface area (TPSA) is 55.5 Å². The molecule has 1 aliphatic rings. The summed E-state index contributed by atoms with van der Waals surface area (Å²) in [4.78, 5) is 0. The molecule has 0 aliphatic carbocycles. The minimum Gasteiger partial charge on any atom is -0.508 e. The summed E-state index contributed by atoms with van der Waals surface area (Å²) in [5.41, 5.74) is 6.85. The van der Waals surface area contributed by atoms with Gasteiger partial charge in [-0.1, -0.05) is 13.0 Å². The first-order valence-electron chi connectivity index (χ1n) is 4.78. The molecule has 0 saturated heterocycles. The number of hydrogen-bond donors (Lipinski definition) is 2. The van der Waals surface area contributed by atoms with Gasteiger partial charge in [0.1, 0.15) is 11.5 Å². The molecule has 0 radical (unpaired) electrons. The Kier molecular flexibility index (Phi) is 2.11. The largest absolute Gasteiger partial charge is 0.508 e. The molecule has 76 valence electrons. The predicted octanol–water partition coefficient (Wildman–Crippen LogP) is 1.29. The van der Waals surface area contributed by atoms with E-state index >= 15 is 0 Å². The average molecular weight is 193 g/mol. The van der Waals surface area contributed by atoms with E-state index in [0.717, 1.165) is 17.7 Å². The van der Waals surface area contributed by atoms with Crippen LogP contribution >= 0.6 is 0 Å². The molecule has 0 saturated carbocycles. The summed E-state index contributed by atoms with van der Waals surface area (Å²) in [6.45, 7) is 3.36. The summed E-state index contributed by atoms with van der Waals surface area (Å²) >= 11 is 0. The van der Waals surface area contributed by atoms with Gasteiger partial charge in [-0.15, -0.1) is 0 Å². The average Bonchev–Trinajstić information content (AvgIpc) is 2.19. The fourth-order valence-electron chi connectivity index (χ4n) is 1.72. The highest BCUT2D eigenvalue weighted by atomic mass is 16.5. The molecular formula is C11H15NO2. The SMILES string of the molecule is CC1(CN)COc2cc(O)ccc2C1. The molecule has 1 heterocycles. The first-order valence-corrected chi connectivity index (χ1v) is 4.78. The van der Waals surface area contributed by atoms with Crippen LogP contribution in [0, 0.1) is 5.41 Å². The third-order valence-corrected chi connectivity index (χ3v) is 2.74. The third-order valence-electron chi connectivity index (χ3n) is 2.74. The first-order chi connectivity index (χ1) is 6.63. The normalized spacial score (nSPS) is 25.3. The van der Waals surface area contributed by atoms with Crippen LogP contribution in [0.5, 0.6) is 11.5 Å². The highest BCUT2D eigenvalue weighted by Crippen LogP contribution is 2.35. The quantitative estimate of drug-likeness (QED) is 0.706. The zero-order valence-electron chi connectivity index (χ0n) is 8.29. The Balaban J connectivity index is 2.31. The van der Waals surface area contributed by atoms with Gasteiger partial charge in [-0.3, -0.25) is 0 Å². The molecule has 0 bridgehead atoms. The lowest BCUT2D eigenvalue weighted by atomic mass is 9.82. The lowest BCUT2D eigenvalue weighted by Gasteiger charge is -2.33. The molecule has 3 nitrogen and oxygen atoms in total. The first kappa shape index (κ1) is 9.34. The molecule has 1 unspecified atom stereocenters. The second kappa shape index (κ2) is 3.17. The number of phenolic OH excluding ortho intramolecular Hbond substituents is 1. The Morgan fingerprint density at radius 2 is 2.36 bits per heavy atom. The van der Waals surface area contributed by atoms with Crippen LogP contribution in [0.4, 0.5) is 0 Å². The van der Waals surface area contributed by atoms with Crippen molar-refractivity contribution in [2.45, 2.75) is 13.3 Å². The molecule has 0 aromatic heterocycles. The summed E-state index contributed by atoms with van der Waals surface area (Å²) in [7, 11) is 0. The monoisotopic (exact) mass is 193 g/mol. The summed E-state index contributed by atoms with van der Waals surface area (Å²) in [5.74, 6) is 1.04. The number of fused-ring (bicyclic) bond motifs is 1. The van der Waals surface area contributed by atoms with Crippen LogP contribution in [0.3, 0.4) is 0 Å². The van der Waals surface area contributed by atoms with Gasteiger partial charge >= 0.3 is 0 Å². The lowest BCUT2D eigenvalue weighted by Crippen LogP contribution is -2.38. The number of phenols is 1. The van der Waals surface area contributed by atoms with Crippen LogP contribution in [-0.2, 0) is 6.42 Å². The molecule has 1 aromatic rings. The van der Waals surface area contributed by atoms with Crippen LogP contribution in [0.25, 0.3) is 0 Å². The lowest BCUT2D eigenvalue weighted by molar-refractivity contribution is 0.144. The standard InChI is InChI=1S/C11H15NO2/c1-11(6-12)5-8-2-3-9(13)4-10(8)14-7-11/h2-4,13H,5-7,12H2,1H3. The van der Waals surface area contributed by atoms with E-state index in [9.17, 15) is 5.11 Å². The zero-order chi connectivity index (χ0) is 10.2. The number of hydrogen-bond acceptors (Lipinski definition) is 3. The Bertz CT molecular complexity index is 351. The maximum absolute atomic E-state index is 9.27. The van der Waals surface area contributed by atoms with Crippen molar-refractivity contribution in [1.29, 1.82) is 0 Å². The Morgan fingerprint density at radius 3 is 3.07 bits per heavy atom. The van der Waals surface area contributed by atoms with Gasteiger partial charge in [-0.05, 0) is 18.1 Å². The van der Waals surface area contributed by atoms with Crippen molar-refractivity contribution in [3.8, 4) is 11.5 Å². The smallest absolute Gasteiger partial charge is 0.126 e. The molecule has 1 aromatic carbocycles. The molecule has 1 aliphatic heterocycles. The van der Waals surface area contributed by atoms with Crippen molar-refractivity contribution in [3.05, 3.63) is 23.8 Å². The fourth-order valence-corrected chi connectivity index (χ4v) is 1.72. The van der Waals surface area contributed by atoms with E-state index in [1.165, 1.54) is 0 Å². The molecule has 1 atom stereocenters. The molecule has 3 N–H and O–H groups in total. The van der Waals surface area contributed by atoms with E-state index in [-0.39, 0.29) is 11.2 Å². The van der Waals surface area contributed by atoms with Crippen LogP contribution in [0.15, 0.2) is 18.2 Å². The fraction of sp³-hybridized carbons (Fsp3) is 0.455. The molecule has 0 fully saturated rings. The van der Waals surface area contributed by atoms with Crippen LogP contribution < -0.4 is 10.5 Å². The Labute approximate surface area is 83.5 Å². The van der Waals surface area contributed by atoms with E-state index in [4.69, 9.17) is 10.5 Å². The second-order valence-corrected chi connectivity index (χ2v) is 4.27. The molecule has 3 heteroatoms. The summed E-state index contributed by atoms with van der Waals surface area (Å²) < 4.78 is 5.57. The maximum Gasteiger partial charge on any atom is 0.126 e. The van der Waals surface area contributed by atoms with Crippen molar-refractivity contribution >= 4 is 0 Å². The van der Waals surface area contributed by atoms with Crippen LogP contribution in [0.2, 0.25) is 0 Å². The number of benzene rings is 1. The minimum atomic E-state index is 0.0317. The van der Waals surface area contributed by atoms with Crippen molar-refractivity contribution in [3.63, 3.8) is 0 Å². The number of nitrogens with two attached hydrogens (primary N) is 1. The van der Waals surface area contributed by atoms with Gasteiger partial charge in [-0.2, -0.15) is 0 Å². The van der Waals surface area contributed by atoms with Gasteiger partial charge in [0.15, 0.2) is 0 Å². The number of aromatic hydroxyl groups is 1. The van der Waals surface area contributed by atoms with Crippen molar-refractivity contribution in [2.75, 3.05) is 13.2 Å². The van der Waals surface area contributed by atoms with Crippen molar-refractivity contribution < 1.29 is 9.84 Å². The molecule has 2 rings (SSSR count). The second-order valence-electron chi connectivity index (χ2n) is 4.27. The highest BCUT2D eigenvalue weighted by molar-refractivity contribution is 5.41. The van der Waals surface area contributed by atoms with E-state index < -0.39 is 0 Å². The molecule has 0 amide bonds. The third kappa shape index (κ3) is 1.55. The predicted molar refractivity (Wildman–Crippen MR) is 54.5 cm³/mol. The van der Waals surface area contributed by atoms with Gasteiger partial charge in [-0.25, -0.2) is 0 Å². The van der Waals surface area contributed by atoms with Gasteiger partial charge < -0.3 is 15.6 Å². The molecule has 14 heavy (non-hydrogen) atoms. The van der Waals surface area contributed by atoms with E-state index in [1.54, 1.807) is 12.1 Å². The van der Waals surface area contributed by atoms with Gasteiger partial charge in [0.2, 0.25) is 0 Å². The van der Waals surface area contributed by atoms with Crippen LogP contribution in [0.1, 0.15) is 12.5 Å². The Hall–Kier alpha value is -1.22. The maximum atomic E-state index is 9.27. The number of rotatable bonds is 1. The van der Waals surface area contributed by atoms with Crippen LogP contribution in [-0.4, -0.2) is 18.3 Å².